The lowest BCUT2D eigenvalue weighted by Gasteiger charge is -2.25. The molecule has 0 aromatic carbocycles. The van der Waals surface area contributed by atoms with Crippen molar-refractivity contribution in [2.24, 2.45) is 5.73 Å². The summed E-state index contributed by atoms with van der Waals surface area (Å²) in [5, 5.41) is 8.30. The number of aromatic nitrogens is 4. The molecular formula is C19H28N6O. The summed E-state index contributed by atoms with van der Waals surface area (Å²) in [5.41, 5.74) is 8.52. The van der Waals surface area contributed by atoms with Crippen LogP contribution >= 0.6 is 0 Å². The molecule has 0 spiro atoms. The fraction of sp³-hybridized carbons (Fsp3) is 0.579. The van der Waals surface area contributed by atoms with Crippen LogP contribution in [0, 0.1) is 6.92 Å². The van der Waals surface area contributed by atoms with Gasteiger partial charge in [-0.05, 0) is 57.2 Å². The van der Waals surface area contributed by atoms with E-state index in [1.54, 1.807) is 24.3 Å². The van der Waals surface area contributed by atoms with Crippen LogP contribution in [-0.4, -0.2) is 49.9 Å². The smallest absolute Gasteiger partial charge is 0.276 e. The Kier molecular flexibility index (Phi) is 5.66. The maximum atomic E-state index is 12.8. The van der Waals surface area contributed by atoms with Gasteiger partial charge < -0.3 is 10.6 Å². The highest BCUT2D eigenvalue weighted by atomic mass is 16.2. The minimum atomic E-state index is -0.107. The molecule has 3 rings (SSSR count). The number of aryl methyl sites for hydroxylation is 1. The van der Waals surface area contributed by atoms with Gasteiger partial charge in [-0.25, -0.2) is 4.68 Å². The van der Waals surface area contributed by atoms with Gasteiger partial charge in [0.2, 0.25) is 0 Å². The molecule has 7 heteroatoms. The maximum Gasteiger partial charge on any atom is 0.276 e. The van der Waals surface area contributed by atoms with E-state index in [9.17, 15) is 4.79 Å². The summed E-state index contributed by atoms with van der Waals surface area (Å²) in [5.74, 6) is -0.107. The van der Waals surface area contributed by atoms with Crippen LogP contribution in [0.3, 0.4) is 0 Å². The number of hydrogen-bond acceptors (Lipinski definition) is 5. The highest BCUT2D eigenvalue weighted by Gasteiger charge is 2.24. The van der Waals surface area contributed by atoms with Crippen LogP contribution in [-0.2, 0) is 6.42 Å². The number of nitrogens with two attached hydrogens (primary N) is 1. The number of carbonyl (C=O) groups excluding carboxylic acids is 1. The van der Waals surface area contributed by atoms with Gasteiger partial charge in [0.25, 0.3) is 5.91 Å². The predicted molar refractivity (Wildman–Crippen MR) is 99.7 cm³/mol. The van der Waals surface area contributed by atoms with Crippen LogP contribution in [0.4, 0.5) is 0 Å². The zero-order chi connectivity index (χ0) is 18.7. The van der Waals surface area contributed by atoms with Crippen molar-refractivity contribution in [3.63, 3.8) is 0 Å². The highest BCUT2D eigenvalue weighted by Crippen LogP contribution is 2.27. The molecule has 0 bridgehead atoms. The molecule has 2 aromatic rings. The molecule has 1 aliphatic rings. The van der Waals surface area contributed by atoms with E-state index >= 15 is 0 Å². The van der Waals surface area contributed by atoms with Gasteiger partial charge in [-0.2, -0.15) is 0 Å². The normalized spacial score (nSPS) is 21.4. The van der Waals surface area contributed by atoms with Gasteiger partial charge in [-0.15, -0.1) is 5.10 Å². The average Bonchev–Trinajstić information content (AvgIpc) is 3.11. The average molecular weight is 356 g/mol. The fourth-order valence-corrected chi connectivity index (χ4v) is 3.45. The maximum absolute atomic E-state index is 12.8. The third-order valence-corrected chi connectivity index (χ3v) is 5.30. The standard InChI is InChI=1S/C19H28N6O/c1-13-8-9-21-16(10-13)11-14(2)24(3)19(26)18-12-25(23-22-18)17-6-4-15(20)5-7-17/h8-10,12,14-15,17H,4-7,11,20H2,1-3H3/t14-,15?,17?/m0/s1. The molecular weight excluding hydrogens is 328 g/mol. The topological polar surface area (TPSA) is 89.9 Å². The van der Waals surface area contributed by atoms with Crippen LogP contribution in [0.25, 0.3) is 0 Å². The molecule has 1 atom stereocenters. The molecule has 0 aliphatic heterocycles. The zero-order valence-corrected chi connectivity index (χ0v) is 15.8. The van der Waals surface area contributed by atoms with Crippen molar-refractivity contribution < 1.29 is 4.79 Å². The second kappa shape index (κ2) is 7.95. The van der Waals surface area contributed by atoms with Crippen LogP contribution in [0.5, 0.6) is 0 Å². The van der Waals surface area contributed by atoms with E-state index in [4.69, 9.17) is 5.73 Å². The molecule has 0 unspecified atom stereocenters. The summed E-state index contributed by atoms with van der Waals surface area (Å²) in [6.07, 6.45) is 8.26. The first kappa shape index (κ1) is 18.5. The van der Waals surface area contributed by atoms with Crippen molar-refractivity contribution in [3.8, 4) is 0 Å². The molecule has 26 heavy (non-hydrogen) atoms. The molecule has 1 fully saturated rings. The number of carbonyl (C=O) groups is 1. The number of rotatable bonds is 5. The summed E-state index contributed by atoms with van der Waals surface area (Å²) in [6.45, 7) is 4.07. The lowest BCUT2D eigenvalue weighted by molar-refractivity contribution is 0.0737. The Morgan fingerprint density at radius 2 is 2.12 bits per heavy atom. The van der Waals surface area contributed by atoms with Gasteiger partial charge in [0.05, 0.1) is 12.2 Å². The number of likely N-dealkylation sites (N-methyl/N-ethyl adjacent to an activating group) is 1. The number of amides is 1. The van der Waals surface area contributed by atoms with Crippen molar-refractivity contribution >= 4 is 5.91 Å². The Balaban J connectivity index is 1.63. The van der Waals surface area contributed by atoms with E-state index in [0.29, 0.717) is 18.2 Å². The van der Waals surface area contributed by atoms with E-state index in [-0.39, 0.29) is 18.0 Å². The van der Waals surface area contributed by atoms with Gasteiger partial charge in [-0.1, -0.05) is 5.21 Å². The lowest BCUT2D eigenvalue weighted by atomic mass is 9.92. The first-order chi connectivity index (χ1) is 12.4. The zero-order valence-electron chi connectivity index (χ0n) is 15.8. The van der Waals surface area contributed by atoms with E-state index in [2.05, 4.69) is 21.4 Å². The minimum Gasteiger partial charge on any atom is -0.337 e. The summed E-state index contributed by atoms with van der Waals surface area (Å²) in [7, 11) is 1.81. The minimum absolute atomic E-state index is 0.0228. The van der Waals surface area contributed by atoms with Gasteiger partial charge in [0.15, 0.2) is 5.69 Å². The van der Waals surface area contributed by atoms with E-state index < -0.39 is 0 Å². The summed E-state index contributed by atoms with van der Waals surface area (Å²) in [6, 6.07) is 4.63. The Morgan fingerprint density at radius 3 is 2.81 bits per heavy atom. The second-order valence-corrected chi connectivity index (χ2v) is 7.45. The monoisotopic (exact) mass is 356 g/mol. The largest absolute Gasteiger partial charge is 0.337 e. The molecule has 1 aliphatic carbocycles. The Morgan fingerprint density at radius 1 is 1.38 bits per heavy atom. The van der Waals surface area contributed by atoms with Gasteiger partial charge in [0.1, 0.15) is 0 Å². The SMILES string of the molecule is Cc1ccnc(C[C@H](C)N(C)C(=O)c2cn(C3CCC(N)CC3)nn2)c1. The molecule has 1 amide bonds. The predicted octanol–water partition coefficient (Wildman–Crippen LogP) is 2.13. The van der Waals surface area contributed by atoms with E-state index in [0.717, 1.165) is 31.4 Å². The molecule has 140 valence electrons. The summed E-state index contributed by atoms with van der Waals surface area (Å²) < 4.78 is 1.83. The van der Waals surface area contributed by atoms with E-state index in [1.165, 1.54) is 5.56 Å². The molecule has 1 saturated carbocycles. The number of pyridine rings is 1. The number of nitrogens with zero attached hydrogens (tertiary/aromatic N) is 5. The second-order valence-electron chi connectivity index (χ2n) is 7.45. The van der Waals surface area contributed by atoms with Crippen LogP contribution < -0.4 is 5.73 Å². The molecule has 0 radical (unpaired) electrons. The third-order valence-electron chi connectivity index (χ3n) is 5.30. The quantitative estimate of drug-likeness (QED) is 0.886. The van der Waals surface area contributed by atoms with Crippen LogP contribution in [0.1, 0.15) is 60.4 Å². The Bertz CT molecular complexity index is 750. The van der Waals surface area contributed by atoms with Gasteiger partial charge in [0, 0.05) is 37.4 Å². The molecule has 0 saturated heterocycles. The van der Waals surface area contributed by atoms with Crippen molar-refractivity contribution in [3.05, 3.63) is 41.5 Å². The summed E-state index contributed by atoms with van der Waals surface area (Å²) >= 11 is 0. The Labute approximate surface area is 154 Å². The van der Waals surface area contributed by atoms with Gasteiger partial charge >= 0.3 is 0 Å². The lowest BCUT2D eigenvalue weighted by Crippen LogP contribution is -2.36. The first-order valence-electron chi connectivity index (χ1n) is 9.30. The Hall–Kier alpha value is -2.28. The summed E-state index contributed by atoms with van der Waals surface area (Å²) in [4.78, 5) is 18.9. The van der Waals surface area contributed by atoms with Crippen molar-refractivity contribution in [2.75, 3.05) is 7.05 Å². The molecule has 2 heterocycles. The molecule has 7 nitrogen and oxygen atoms in total. The molecule has 2 aromatic heterocycles. The van der Waals surface area contributed by atoms with Crippen molar-refractivity contribution in [2.45, 2.75) is 64.1 Å². The van der Waals surface area contributed by atoms with Gasteiger partial charge in [-0.3, -0.25) is 9.78 Å². The van der Waals surface area contributed by atoms with E-state index in [1.807, 2.05) is 24.6 Å². The third kappa shape index (κ3) is 4.27. The van der Waals surface area contributed by atoms with Crippen LogP contribution in [0.2, 0.25) is 0 Å². The van der Waals surface area contributed by atoms with Crippen LogP contribution in [0.15, 0.2) is 24.5 Å². The van der Waals surface area contributed by atoms with Crippen molar-refractivity contribution in [1.82, 2.24) is 24.9 Å². The van der Waals surface area contributed by atoms with Crippen molar-refractivity contribution in [1.29, 1.82) is 0 Å². The first-order valence-corrected chi connectivity index (χ1v) is 9.30. The fourth-order valence-electron chi connectivity index (χ4n) is 3.45. The highest BCUT2D eigenvalue weighted by molar-refractivity contribution is 5.91. The molecule has 2 N–H and O–H groups in total. The number of hydrogen-bond donors (Lipinski definition) is 1.